The summed E-state index contributed by atoms with van der Waals surface area (Å²) in [7, 11) is 22.4. The van der Waals surface area contributed by atoms with Crippen molar-refractivity contribution < 1.29 is 0 Å². The zero-order chi connectivity index (χ0) is 70.3. The Labute approximate surface area is 620 Å². The normalized spacial score (nSPS) is 32.1. The van der Waals surface area contributed by atoms with Crippen LogP contribution in [0.2, 0.25) is 0 Å². The monoisotopic (exact) mass is 1390 g/mol. The molecule has 12 aliphatic heterocycles. The highest BCUT2D eigenvalue weighted by Crippen LogP contribution is 2.52. The van der Waals surface area contributed by atoms with E-state index in [1.165, 1.54) is 440 Å². The van der Waals surface area contributed by atoms with E-state index in [9.17, 15) is 0 Å². The molecule has 0 bridgehead atoms. The summed E-state index contributed by atoms with van der Waals surface area (Å²) in [6.07, 6.45) is 65.6. The lowest BCUT2D eigenvalue weighted by Gasteiger charge is -2.54. The first kappa shape index (κ1) is 80.5. The van der Waals surface area contributed by atoms with Crippen molar-refractivity contribution in [3.05, 3.63) is 0 Å². The Morgan fingerprint density at radius 2 is 0.340 bits per heavy atom. The predicted molar refractivity (Wildman–Crippen MR) is 428 cm³/mol. The molecule has 12 nitrogen and oxygen atoms in total. The molecule has 10 spiro atoms. The number of nitrogens with one attached hydrogen (secondary N) is 2. The van der Waals surface area contributed by atoms with Crippen molar-refractivity contribution in [3.8, 4) is 0 Å². The molecule has 0 aromatic heterocycles. The summed E-state index contributed by atoms with van der Waals surface area (Å²) in [5.41, 5.74) is 7.95. The van der Waals surface area contributed by atoms with E-state index in [2.05, 4.69) is 130 Å². The van der Waals surface area contributed by atoms with Gasteiger partial charge in [-0.15, -0.1) is 0 Å². The van der Waals surface area contributed by atoms with Crippen LogP contribution in [0.3, 0.4) is 0 Å². The van der Waals surface area contributed by atoms with Gasteiger partial charge in [0.25, 0.3) is 0 Å². The number of nitrogens with zero attached hydrogens (tertiary/aromatic N) is 10. The first-order chi connectivity index (χ1) is 48.1. The Bertz CT molecular complexity index is 2170. The van der Waals surface area contributed by atoms with Crippen LogP contribution in [-0.4, -0.2) is 277 Å². The van der Waals surface area contributed by atoms with E-state index in [1.807, 2.05) is 0 Å². The largest absolute Gasteiger partial charge is 0.317 e. The third-order valence-corrected chi connectivity index (χ3v) is 32.4. The Balaban J connectivity index is 0.000000112. The molecule has 20 aliphatic rings. The third-order valence-electron chi connectivity index (χ3n) is 32.4. The molecule has 2 N–H and O–H groups in total. The molecule has 0 atom stereocenters. The minimum atomic E-state index is 0.703. The van der Waals surface area contributed by atoms with Gasteiger partial charge in [-0.2, -0.15) is 0 Å². The molecule has 12 heteroatoms. The van der Waals surface area contributed by atoms with Gasteiger partial charge in [0, 0.05) is 77.4 Å². The van der Waals surface area contributed by atoms with E-state index in [-0.39, 0.29) is 0 Å². The first-order valence-electron chi connectivity index (χ1n) is 44.4. The molecule has 580 valence electrons. The van der Waals surface area contributed by atoms with Crippen molar-refractivity contribution >= 4 is 0 Å². The van der Waals surface area contributed by atoms with Crippen molar-refractivity contribution in [3.63, 3.8) is 0 Å². The van der Waals surface area contributed by atoms with Crippen LogP contribution in [0.1, 0.15) is 283 Å². The van der Waals surface area contributed by atoms with Crippen LogP contribution in [0.25, 0.3) is 0 Å². The maximum atomic E-state index is 3.45. The van der Waals surface area contributed by atoms with E-state index < -0.39 is 0 Å². The van der Waals surface area contributed by atoms with Crippen LogP contribution in [0.4, 0.5) is 0 Å². The van der Waals surface area contributed by atoms with Crippen molar-refractivity contribution in [2.45, 2.75) is 283 Å². The minimum absolute atomic E-state index is 0.703. The molecule has 8 aliphatic carbocycles. The highest BCUT2D eigenvalue weighted by molar-refractivity contribution is 5.02. The number of hydrogen-bond donors (Lipinski definition) is 2. The summed E-state index contributed by atoms with van der Waals surface area (Å²) in [6.45, 7) is 32.1. The van der Waals surface area contributed by atoms with Gasteiger partial charge in [0.2, 0.25) is 0 Å². The van der Waals surface area contributed by atoms with Crippen LogP contribution < -0.4 is 10.6 Å². The smallest absolute Gasteiger partial charge is 0.00940 e. The van der Waals surface area contributed by atoms with Crippen LogP contribution in [0, 0.1) is 54.1 Å². The van der Waals surface area contributed by atoms with Gasteiger partial charge >= 0.3 is 0 Å². The van der Waals surface area contributed by atoms with Crippen molar-refractivity contribution in [1.29, 1.82) is 0 Å². The molecule has 8 saturated carbocycles. The topological polar surface area (TPSA) is 56.5 Å². The molecule has 0 amide bonds. The van der Waals surface area contributed by atoms with E-state index in [0.717, 1.165) is 48.7 Å². The van der Waals surface area contributed by atoms with Crippen molar-refractivity contribution in [1.82, 2.24) is 59.6 Å². The fourth-order valence-corrected chi connectivity index (χ4v) is 24.6. The van der Waals surface area contributed by atoms with Gasteiger partial charge in [0.05, 0.1) is 0 Å². The minimum Gasteiger partial charge on any atom is -0.317 e. The fraction of sp³-hybridized carbons (Fsp3) is 1.00. The summed E-state index contributed by atoms with van der Waals surface area (Å²) in [6, 6.07) is 0. The standard InChI is InChI=1S/C10H20N2.2C10H19N.4C9H17N.C8H15N.C7H14N2.C7H13N/c1-12-8-4-10(5-9-12)2-6-11-7-3-10;1-11-8-6-10(7-9-11)4-2-3-5-10;1-11-8-7-10(9-11)5-3-2-4-6-10;2*1-10-7-5-9(6-8-10)3-2-4-9;2*1-10-7-9(8-10)5-3-2-4-6-9;1-9-6-5-8(7-9)3-2-4-8;1-9-5-7(6-9)2-3-8-4-7;1-8-5-7(6-8)3-2-4-7/h11H,2-9H2,1H3;2*2-9H2,1H3;4*2-8H2,1H3;2-7H2,1H3;8H,2-6H2,1H3;2-6H2,1H3. The Morgan fingerprint density at radius 3 is 0.570 bits per heavy atom. The second-order valence-electron chi connectivity index (χ2n) is 41.4. The second kappa shape index (κ2) is 36.8. The summed E-state index contributed by atoms with van der Waals surface area (Å²) < 4.78 is 0. The van der Waals surface area contributed by atoms with Gasteiger partial charge in [-0.25, -0.2) is 0 Å². The van der Waals surface area contributed by atoms with E-state index in [1.54, 1.807) is 0 Å². The van der Waals surface area contributed by atoms with Gasteiger partial charge in [-0.3, -0.25) is 0 Å². The number of hydrogen-bond acceptors (Lipinski definition) is 12. The van der Waals surface area contributed by atoms with Crippen LogP contribution in [0.5, 0.6) is 0 Å². The Hall–Kier alpha value is -0.480. The number of piperidine rings is 5. The molecule has 0 aromatic carbocycles. The molecule has 20 rings (SSSR count). The third kappa shape index (κ3) is 22.8. The van der Waals surface area contributed by atoms with E-state index >= 15 is 0 Å². The van der Waals surface area contributed by atoms with E-state index in [0.29, 0.717) is 5.41 Å². The first-order valence-corrected chi connectivity index (χ1v) is 44.4. The Morgan fingerprint density at radius 1 is 0.150 bits per heavy atom. The van der Waals surface area contributed by atoms with Gasteiger partial charge in [-0.05, 0) is 390 Å². The van der Waals surface area contributed by atoms with Gasteiger partial charge < -0.3 is 59.6 Å². The maximum Gasteiger partial charge on any atom is 0.00940 e. The lowest BCUT2D eigenvalue weighted by molar-refractivity contribution is -0.0436. The Kier molecular flexibility index (Phi) is 29.7. The van der Waals surface area contributed by atoms with Gasteiger partial charge in [0.1, 0.15) is 0 Å². The molecule has 100 heavy (non-hydrogen) atoms. The summed E-state index contributed by atoms with van der Waals surface area (Å²) in [5.74, 6) is 0. The molecule has 0 aromatic rings. The highest BCUT2D eigenvalue weighted by Gasteiger charge is 2.48. The van der Waals surface area contributed by atoms with Gasteiger partial charge in [-0.1, -0.05) is 96.3 Å². The van der Waals surface area contributed by atoms with Crippen molar-refractivity contribution in [2.24, 2.45) is 54.1 Å². The molecular weight excluding hydrogens is 1230 g/mol. The molecule has 0 unspecified atom stereocenters. The molecular formula is C88H168N12. The molecule has 0 radical (unpaired) electrons. The highest BCUT2D eigenvalue weighted by atomic mass is 15.2. The molecule has 12 saturated heterocycles. The molecule has 12 heterocycles. The average molecular weight is 1390 g/mol. The second-order valence-corrected chi connectivity index (χ2v) is 41.4. The fourth-order valence-electron chi connectivity index (χ4n) is 24.6. The zero-order valence-electron chi connectivity index (χ0n) is 68.6. The lowest BCUT2D eigenvalue weighted by Crippen LogP contribution is -2.57. The number of rotatable bonds is 0. The lowest BCUT2D eigenvalue weighted by atomic mass is 9.63. The van der Waals surface area contributed by atoms with Crippen LogP contribution in [-0.2, 0) is 0 Å². The predicted octanol–water partition coefficient (Wildman–Crippen LogP) is 15.7. The average Bonchev–Trinajstić information content (AvgIpc) is 1.34. The van der Waals surface area contributed by atoms with Crippen LogP contribution >= 0.6 is 0 Å². The summed E-state index contributed by atoms with van der Waals surface area (Å²) in [5, 5.41) is 6.86. The SMILES string of the molecule is CN1CC2(CCC2)C1.CN1CC2(CCCCC2)C1.CN1CC2(CCCCC2)C1.CN1CC2(CCNC2)C1.CN1CCC2(CCC2)C1.CN1CCC2(CCC2)CC1.CN1CCC2(CCC2)CC1.CN1CCC2(CCCC2)CC1.CN1CCC2(CCCCC2)C1.CN1CCC2(CCNCC2)CC1. The van der Waals surface area contributed by atoms with Crippen molar-refractivity contribution in [2.75, 3.05) is 228 Å². The maximum absolute atomic E-state index is 3.45. The number of likely N-dealkylation sites (tertiary alicyclic amines) is 10. The summed E-state index contributed by atoms with van der Waals surface area (Å²) >= 11 is 0. The van der Waals surface area contributed by atoms with Crippen LogP contribution in [0.15, 0.2) is 0 Å². The van der Waals surface area contributed by atoms with E-state index in [4.69, 9.17) is 0 Å². The summed E-state index contributed by atoms with van der Waals surface area (Å²) in [4.78, 5) is 24.6. The molecule has 20 fully saturated rings. The quantitative estimate of drug-likeness (QED) is 0.243. The van der Waals surface area contributed by atoms with Gasteiger partial charge in [0.15, 0.2) is 0 Å². The zero-order valence-corrected chi connectivity index (χ0v) is 68.6.